The van der Waals surface area contributed by atoms with Crippen LogP contribution >= 0.6 is 11.6 Å². The van der Waals surface area contributed by atoms with Crippen molar-refractivity contribution in [3.63, 3.8) is 0 Å². The number of aromatic nitrogens is 2. The minimum absolute atomic E-state index is 0.0404. The van der Waals surface area contributed by atoms with Crippen molar-refractivity contribution in [2.45, 2.75) is 26.8 Å². The van der Waals surface area contributed by atoms with Gasteiger partial charge in [-0.2, -0.15) is 0 Å². The molecule has 0 fully saturated rings. The van der Waals surface area contributed by atoms with E-state index in [9.17, 15) is 4.79 Å². The van der Waals surface area contributed by atoms with Gasteiger partial charge < -0.3 is 19.2 Å². The summed E-state index contributed by atoms with van der Waals surface area (Å²) in [7, 11) is 3.99. The van der Waals surface area contributed by atoms with Gasteiger partial charge in [-0.1, -0.05) is 11.6 Å². The van der Waals surface area contributed by atoms with E-state index in [1.54, 1.807) is 12.6 Å². The van der Waals surface area contributed by atoms with E-state index in [0.29, 0.717) is 18.1 Å². The second-order valence-electron chi connectivity index (χ2n) is 7.13. The number of halogens is 1. The number of H-pyrrole nitrogens is 1. The van der Waals surface area contributed by atoms with Crippen molar-refractivity contribution in [3.8, 4) is 0 Å². The second kappa shape index (κ2) is 8.15. The van der Waals surface area contributed by atoms with E-state index in [1.807, 2.05) is 45.0 Å². The highest BCUT2D eigenvalue weighted by Crippen LogP contribution is 2.28. The number of fused-ring (bicyclic) bond motifs is 1. The Morgan fingerprint density at radius 3 is 2.70 bits per heavy atom. The minimum Gasteiger partial charge on any atom is -0.464 e. The Labute approximate surface area is 164 Å². The SMILES string of the molecule is Cc1cc2occ(CC(=O)N(CCN(C)C)Cc3nc[nH]c3C)c2cc1Cl. The van der Waals surface area contributed by atoms with Crippen molar-refractivity contribution >= 4 is 28.5 Å². The maximum atomic E-state index is 13.1. The highest BCUT2D eigenvalue weighted by atomic mass is 35.5. The zero-order chi connectivity index (χ0) is 19.6. The molecule has 0 aliphatic rings. The van der Waals surface area contributed by atoms with Gasteiger partial charge in [0.05, 0.1) is 31.2 Å². The van der Waals surface area contributed by atoms with Crippen LogP contribution in [0.3, 0.4) is 0 Å². The van der Waals surface area contributed by atoms with Gasteiger partial charge in [-0.05, 0) is 45.6 Å². The third-order valence-electron chi connectivity index (χ3n) is 4.72. The number of carbonyl (C=O) groups is 1. The largest absolute Gasteiger partial charge is 0.464 e. The molecular formula is C20H25ClN4O2. The normalized spacial score (nSPS) is 11.5. The summed E-state index contributed by atoms with van der Waals surface area (Å²) >= 11 is 6.26. The molecule has 6 nitrogen and oxygen atoms in total. The third kappa shape index (κ3) is 4.51. The van der Waals surface area contributed by atoms with Crippen LogP contribution in [0, 0.1) is 13.8 Å². The highest BCUT2D eigenvalue weighted by molar-refractivity contribution is 6.32. The first-order chi connectivity index (χ1) is 12.8. The molecule has 2 heterocycles. The van der Waals surface area contributed by atoms with Crippen LogP contribution in [-0.2, 0) is 17.8 Å². The van der Waals surface area contributed by atoms with Gasteiger partial charge in [0.1, 0.15) is 5.58 Å². The smallest absolute Gasteiger partial charge is 0.227 e. The van der Waals surface area contributed by atoms with E-state index >= 15 is 0 Å². The number of imidazole rings is 1. The molecule has 0 bridgehead atoms. The van der Waals surface area contributed by atoms with E-state index in [-0.39, 0.29) is 12.3 Å². The Morgan fingerprint density at radius 2 is 2.04 bits per heavy atom. The average molecular weight is 389 g/mol. The summed E-state index contributed by atoms with van der Waals surface area (Å²) in [6, 6.07) is 3.78. The molecule has 3 aromatic rings. The summed E-state index contributed by atoms with van der Waals surface area (Å²) in [6.07, 6.45) is 3.58. The molecule has 27 heavy (non-hydrogen) atoms. The Morgan fingerprint density at radius 1 is 1.26 bits per heavy atom. The Bertz CT molecular complexity index is 945. The molecule has 144 valence electrons. The molecule has 0 spiro atoms. The maximum absolute atomic E-state index is 13.1. The van der Waals surface area contributed by atoms with Crippen molar-refractivity contribution in [2.24, 2.45) is 0 Å². The number of aromatic amines is 1. The number of hydrogen-bond donors (Lipinski definition) is 1. The van der Waals surface area contributed by atoms with Crippen LogP contribution in [0.1, 0.15) is 22.5 Å². The van der Waals surface area contributed by atoms with Gasteiger partial charge in [-0.3, -0.25) is 4.79 Å². The molecular weight excluding hydrogens is 364 g/mol. The molecule has 0 aliphatic heterocycles. The number of carbonyl (C=O) groups excluding carboxylic acids is 1. The third-order valence-corrected chi connectivity index (χ3v) is 5.13. The standard InChI is InChI=1S/C20H25ClN4O2/c1-13-7-19-16(9-17(13)21)15(11-27-19)8-20(26)25(6-5-24(3)4)10-18-14(2)22-12-23-18/h7,9,11-12H,5-6,8,10H2,1-4H3,(H,22,23). The van der Waals surface area contributed by atoms with Gasteiger partial charge >= 0.3 is 0 Å². The summed E-state index contributed by atoms with van der Waals surface area (Å²) in [6.45, 7) is 5.80. The fourth-order valence-corrected chi connectivity index (χ4v) is 3.12. The van der Waals surface area contributed by atoms with E-state index in [4.69, 9.17) is 16.0 Å². The molecule has 2 aromatic heterocycles. The van der Waals surface area contributed by atoms with Crippen LogP contribution in [-0.4, -0.2) is 52.9 Å². The number of hydrogen-bond acceptors (Lipinski definition) is 4. The van der Waals surface area contributed by atoms with Gasteiger partial charge in [0.2, 0.25) is 5.91 Å². The van der Waals surface area contributed by atoms with Crippen LogP contribution in [0.25, 0.3) is 11.0 Å². The monoisotopic (exact) mass is 388 g/mol. The molecule has 3 rings (SSSR count). The lowest BCUT2D eigenvalue weighted by Gasteiger charge is -2.24. The van der Waals surface area contributed by atoms with Crippen molar-refractivity contribution in [1.82, 2.24) is 19.8 Å². The summed E-state index contributed by atoms with van der Waals surface area (Å²) < 4.78 is 5.63. The lowest BCUT2D eigenvalue weighted by atomic mass is 10.1. The lowest BCUT2D eigenvalue weighted by molar-refractivity contribution is -0.131. The summed E-state index contributed by atoms with van der Waals surface area (Å²) in [5.41, 5.74) is 4.43. The highest BCUT2D eigenvalue weighted by Gasteiger charge is 2.19. The summed E-state index contributed by atoms with van der Waals surface area (Å²) in [5.74, 6) is 0.0404. The fourth-order valence-electron chi connectivity index (χ4n) is 2.95. The molecule has 1 aromatic carbocycles. The number of nitrogens with zero attached hydrogens (tertiary/aromatic N) is 3. The Hall–Kier alpha value is -2.31. The van der Waals surface area contributed by atoms with Gasteiger partial charge in [-0.25, -0.2) is 4.98 Å². The number of rotatable bonds is 7. The minimum atomic E-state index is 0.0404. The van der Waals surface area contributed by atoms with E-state index in [1.165, 1.54) is 0 Å². The van der Waals surface area contributed by atoms with Crippen LogP contribution < -0.4 is 0 Å². The molecule has 0 saturated heterocycles. The topological polar surface area (TPSA) is 65.4 Å². The van der Waals surface area contributed by atoms with Crippen molar-refractivity contribution in [2.75, 3.05) is 27.2 Å². The van der Waals surface area contributed by atoms with Crippen LogP contribution in [0.5, 0.6) is 0 Å². The summed E-state index contributed by atoms with van der Waals surface area (Å²) in [4.78, 5) is 24.4. The van der Waals surface area contributed by atoms with E-state index in [2.05, 4.69) is 14.9 Å². The molecule has 0 radical (unpaired) electrons. The molecule has 1 N–H and O–H groups in total. The van der Waals surface area contributed by atoms with E-state index in [0.717, 1.165) is 40.0 Å². The molecule has 1 amide bonds. The van der Waals surface area contributed by atoms with Gasteiger partial charge in [0.15, 0.2) is 0 Å². The maximum Gasteiger partial charge on any atom is 0.227 e. The van der Waals surface area contributed by atoms with Gasteiger partial charge in [-0.15, -0.1) is 0 Å². The van der Waals surface area contributed by atoms with Crippen molar-refractivity contribution in [1.29, 1.82) is 0 Å². The number of furan rings is 1. The first kappa shape index (κ1) is 19.5. The molecule has 0 atom stereocenters. The fraction of sp³-hybridized carbons (Fsp3) is 0.400. The Kier molecular flexibility index (Phi) is 5.87. The van der Waals surface area contributed by atoms with Crippen LogP contribution in [0.4, 0.5) is 0 Å². The molecule has 0 saturated carbocycles. The number of aryl methyl sites for hydroxylation is 2. The first-order valence-electron chi connectivity index (χ1n) is 8.92. The number of amides is 1. The number of likely N-dealkylation sites (N-methyl/N-ethyl adjacent to an activating group) is 1. The zero-order valence-corrected chi connectivity index (χ0v) is 16.9. The predicted octanol–water partition coefficient (Wildman–Crippen LogP) is 3.56. The van der Waals surface area contributed by atoms with Crippen LogP contribution in [0.2, 0.25) is 5.02 Å². The quantitative estimate of drug-likeness (QED) is 0.672. The second-order valence-corrected chi connectivity index (χ2v) is 7.54. The van der Waals surface area contributed by atoms with Gasteiger partial charge in [0, 0.05) is 34.8 Å². The molecule has 0 aliphatic carbocycles. The predicted molar refractivity (Wildman–Crippen MR) is 107 cm³/mol. The zero-order valence-electron chi connectivity index (χ0n) is 16.2. The van der Waals surface area contributed by atoms with Crippen molar-refractivity contribution in [3.05, 3.63) is 52.3 Å². The van der Waals surface area contributed by atoms with Crippen LogP contribution in [0.15, 0.2) is 29.1 Å². The van der Waals surface area contributed by atoms with E-state index < -0.39 is 0 Å². The Balaban J connectivity index is 1.81. The number of benzene rings is 1. The lowest BCUT2D eigenvalue weighted by Crippen LogP contribution is -2.37. The van der Waals surface area contributed by atoms with Crippen molar-refractivity contribution < 1.29 is 9.21 Å². The first-order valence-corrected chi connectivity index (χ1v) is 9.30. The molecule has 0 unspecified atom stereocenters. The molecule has 7 heteroatoms. The average Bonchev–Trinajstić information content (AvgIpc) is 3.18. The van der Waals surface area contributed by atoms with Gasteiger partial charge in [0.25, 0.3) is 0 Å². The summed E-state index contributed by atoms with van der Waals surface area (Å²) in [5, 5.41) is 1.57. The number of nitrogens with one attached hydrogen (secondary N) is 1.